The van der Waals surface area contributed by atoms with Crippen molar-refractivity contribution in [3.05, 3.63) is 42.5 Å². The zero-order valence-electron chi connectivity index (χ0n) is 15.8. The van der Waals surface area contributed by atoms with Crippen molar-refractivity contribution in [2.45, 2.75) is 46.7 Å². The fraction of sp³-hybridized carbons (Fsp3) is 0.526. The van der Waals surface area contributed by atoms with Crippen molar-refractivity contribution < 1.29 is 0 Å². The third-order valence-electron chi connectivity index (χ3n) is 5.50. The highest BCUT2D eigenvalue weighted by atomic mass is 15.4. The number of para-hydroxylation sites is 1. The summed E-state index contributed by atoms with van der Waals surface area (Å²) in [5.41, 5.74) is 1.39. The number of nitrogens with zero attached hydrogens (tertiary/aromatic N) is 5. The van der Waals surface area contributed by atoms with Crippen molar-refractivity contribution in [3.63, 3.8) is 0 Å². The smallest absolute Gasteiger partial charge is 0.194 e. The Morgan fingerprint density at radius 3 is 2.52 bits per heavy atom. The molecule has 1 aliphatic rings. The lowest BCUT2D eigenvalue weighted by Crippen LogP contribution is -2.72. The topological polar surface area (TPSA) is 58.3 Å². The second-order valence-electron chi connectivity index (χ2n) is 7.65. The average Bonchev–Trinajstić information content (AvgIpc) is 3.06. The lowest BCUT2D eigenvalue weighted by molar-refractivity contribution is -0.0668. The van der Waals surface area contributed by atoms with Gasteiger partial charge in [-0.1, -0.05) is 32.0 Å². The maximum Gasteiger partial charge on any atom is 0.194 e. The molecule has 0 bridgehead atoms. The number of hydrogen-bond acceptors (Lipinski definition) is 3. The van der Waals surface area contributed by atoms with Crippen LogP contribution in [0.5, 0.6) is 0 Å². The Hall–Kier alpha value is -2.37. The molecule has 2 aromatic rings. The first-order valence-corrected chi connectivity index (χ1v) is 8.87. The molecular weight excluding hydrogens is 312 g/mol. The van der Waals surface area contributed by atoms with Crippen LogP contribution in [-0.2, 0) is 6.54 Å². The first-order chi connectivity index (χ1) is 11.9. The molecule has 0 saturated carbocycles. The van der Waals surface area contributed by atoms with E-state index >= 15 is 0 Å². The summed E-state index contributed by atoms with van der Waals surface area (Å²) in [6.07, 6.45) is 1.74. The second-order valence-corrected chi connectivity index (χ2v) is 7.65. The third-order valence-corrected chi connectivity index (χ3v) is 5.50. The van der Waals surface area contributed by atoms with Gasteiger partial charge in [-0.05, 0) is 32.9 Å². The molecular formula is C19H28N6. The van der Waals surface area contributed by atoms with Crippen molar-refractivity contribution in [1.29, 1.82) is 0 Å². The minimum absolute atomic E-state index is 0.0705. The normalized spacial score (nSPS) is 18.8. The van der Waals surface area contributed by atoms with Crippen molar-refractivity contribution in [1.82, 2.24) is 25.0 Å². The molecule has 6 heteroatoms. The van der Waals surface area contributed by atoms with Gasteiger partial charge in [-0.15, -0.1) is 10.2 Å². The molecule has 0 atom stereocenters. The molecule has 2 heterocycles. The summed E-state index contributed by atoms with van der Waals surface area (Å²) in [5, 5.41) is 11.7. The number of rotatable bonds is 4. The molecule has 3 rings (SSSR count). The third kappa shape index (κ3) is 3.13. The fourth-order valence-electron chi connectivity index (χ4n) is 3.11. The minimum Gasteiger partial charge on any atom is -0.356 e. The maximum absolute atomic E-state index is 4.83. The number of benzene rings is 1. The van der Waals surface area contributed by atoms with Gasteiger partial charge in [0.25, 0.3) is 0 Å². The van der Waals surface area contributed by atoms with E-state index in [-0.39, 0.29) is 11.0 Å². The van der Waals surface area contributed by atoms with Gasteiger partial charge < -0.3 is 10.2 Å². The first-order valence-electron chi connectivity index (χ1n) is 8.87. The van der Waals surface area contributed by atoms with Crippen molar-refractivity contribution >= 4 is 5.96 Å². The van der Waals surface area contributed by atoms with Gasteiger partial charge >= 0.3 is 0 Å². The van der Waals surface area contributed by atoms with Crippen LogP contribution in [0, 0.1) is 5.41 Å². The molecule has 0 amide bonds. The molecule has 1 aliphatic heterocycles. The van der Waals surface area contributed by atoms with Crippen LogP contribution in [0.4, 0.5) is 0 Å². The SMILES string of the molecule is CCNC(=NCc1nncn1-c1ccccc1)N1CC(C)(C)C1(C)C. The van der Waals surface area contributed by atoms with Crippen LogP contribution in [-0.4, -0.2) is 44.3 Å². The van der Waals surface area contributed by atoms with Crippen LogP contribution in [0.15, 0.2) is 41.7 Å². The lowest BCUT2D eigenvalue weighted by Gasteiger charge is -2.62. The molecule has 1 aromatic carbocycles. The van der Waals surface area contributed by atoms with Gasteiger partial charge in [-0.25, -0.2) is 4.99 Å². The number of nitrogens with one attached hydrogen (secondary N) is 1. The lowest BCUT2D eigenvalue weighted by atomic mass is 9.65. The van der Waals surface area contributed by atoms with E-state index in [2.05, 4.69) is 55.0 Å². The molecule has 0 aliphatic carbocycles. The van der Waals surface area contributed by atoms with Gasteiger partial charge in [0.15, 0.2) is 11.8 Å². The quantitative estimate of drug-likeness (QED) is 0.687. The molecule has 1 fully saturated rings. The highest BCUT2D eigenvalue weighted by molar-refractivity contribution is 5.82. The molecule has 1 saturated heterocycles. The Morgan fingerprint density at radius 1 is 1.20 bits per heavy atom. The molecule has 1 N–H and O–H groups in total. The van der Waals surface area contributed by atoms with Gasteiger partial charge in [0, 0.05) is 29.7 Å². The van der Waals surface area contributed by atoms with Crippen LogP contribution >= 0.6 is 0 Å². The minimum atomic E-state index is 0.0705. The predicted octanol–water partition coefficient (Wildman–Crippen LogP) is 2.85. The molecule has 0 spiro atoms. The van der Waals surface area contributed by atoms with Crippen LogP contribution in [0.25, 0.3) is 5.69 Å². The van der Waals surface area contributed by atoms with Gasteiger partial charge in [-0.3, -0.25) is 4.57 Å². The molecule has 134 valence electrons. The van der Waals surface area contributed by atoms with Crippen LogP contribution < -0.4 is 5.32 Å². The fourth-order valence-corrected chi connectivity index (χ4v) is 3.11. The number of guanidine groups is 1. The Balaban J connectivity index is 1.82. The molecule has 6 nitrogen and oxygen atoms in total. The summed E-state index contributed by atoms with van der Waals surface area (Å²) in [6.45, 7) is 13.6. The number of aromatic nitrogens is 3. The zero-order chi connectivity index (χ0) is 18.1. The predicted molar refractivity (Wildman–Crippen MR) is 101 cm³/mol. The van der Waals surface area contributed by atoms with E-state index in [0.29, 0.717) is 6.54 Å². The van der Waals surface area contributed by atoms with E-state index in [1.54, 1.807) is 6.33 Å². The van der Waals surface area contributed by atoms with E-state index in [4.69, 9.17) is 4.99 Å². The van der Waals surface area contributed by atoms with Gasteiger partial charge in [0.2, 0.25) is 0 Å². The number of hydrogen-bond donors (Lipinski definition) is 1. The standard InChI is InChI=1S/C19H28N6/c1-6-20-17(25-13-18(2,3)19(25,4)5)21-12-16-23-22-14-24(16)15-10-8-7-9-11-15/h7-11,14H,6,12-13H2,1-5H3,(H,20,21). The summed E-state index contributed by atoms with van der Waals surface area (Å²) in [4.78, 5) is 7.18. The van der Waals surface area contributed by atoms with Crippen LogP contribution in [0.1, 0.15) is 40.4 Å². The molecule has 25 heavy (non-hydrogen) atoms. The van der Waals surface area contributed by atoms with Crippen molar-refractivity contribution in [2.75, 3.05) is 13.1 Å². The summed E-state index contributed by atoms with van der Waals surface area (Å²) >= 11 is 0. The maximum atomic E-state index is 4.83. The summed E-state index contributed by atoms with van der Waals surface area (Å²) in [7, 11) is 0. The zero-order valence-corrected chi connectivity index (χ0v) is 15.8. The number of aliphatic imine (C=N–C) groups is 1. The first kappa shape index (κ1) is 17.5. The Bertz CT molecular complexity index is 744. The summed E-state index contributed by atoms with van der Waals surface area (Å²) in [6, 6.07) is 10.1. The van der Waals surface area contributed by atoms with E-state index in [0.717, 1.165) is 30.6 Å². The number of likely N-dealkylation sites (tertiary alicyclic amines) is 1. The Morgan fingerprint density at radius 2 is 1.92 bits per heavy atom. The molecule has 1 aromatic heterocycles. The molecule has 0 unspecified atom stereocenters. The Kier molecular flexibility index (Phi) is 4.54. The highest BCUT2D eigenvalue weighted by Gasteiger charge is 2.53. The summed E-state index contributed by atoms with van der Waals surface area (Å²) < 4.78 is 1.98. The van der Waals surface area contributed by atoms with E-state index in [9.17, 15) is 0 Å². The van der Waals surface area contributed by atoms with Crippen LogP contribution in [0.2, 0.25) is 0 Å². The van der Waals surface area contributed by atoms with Gasteiger partial charge in [-0.2, -0.15) is 0 Å². The second kappa shape index (κ2) is 6.50. The van der Waals surface area contributed by atoms with Crippen LogP contribution in [0.3, 0.4) is 0 Å². The van der Waals surface area contributed by atoms with E-state index in [1.165, 1.54) is 0 Å². The van der Waals surface area contributed by atoms with Crippen molar-refractivity contribution in [2.24, 2.45) is 10.4 Å². The Labute approximate surface area is 150 Å². The average molecular weight is 340 g/mol. The van der Waals surface area contributed by atoms with Gasteiger partial charge in [0.05, 0.1) is 0 Å². The molecule has 0 radical (unpaired) electrons. The largest absolute Gasteiger partial charge is 0.356 e. The highest BCUT2D eigenvalue weighted by Crippen LogP contribution is 2.46. The van der Waals surface area contributed by atoms with Gasteiger partial charge in [0.1, 0.15) is 12.9 Å². The monoisotopic (exact) mass is 340 g/mol. The summed E-state index contributed by atoms with van der Waals surface area (Å²) in [5.74, 6) is 1.77. The van der Waals surface area contributed by atoms with E-state index < -0.39 is 0 Å². The van der Waals surface area contributed by atoms with Crippen molar-refractivity contribution in [3.8, 4) is 5.69 Å². The van der Waals surface area contributed by atoms with E-state index in [1.807, 2.05) is 34.9 Å².